The first-order valence-electron chi connectivity index (χ1n) is 5.11. The maximum atomic E-state index is 11.2. The fraction of sp³-hybridized carbons (Fsp3) is 0.600. The van der Waals surface area contributed by atoms with E-state index in [2.05, 4.69) is 11.9 Å². The lowest BCUT2D eigenvalue weighted by Crippen LogP contribution is -2.29. The van der Waals surface area contributed by atoms with Crippen LogP contribution in [-0.4, -0.2) is 16.2 Å². The summed E-state index contributed by atoms with van der Waals surface area (Å²) in [5, 5.41) is 0. The molecule has 0 unspecified atom stereocenters. The summed E-state index contributed by atoms with van der Waals surface area (Å²) in [6.45, 7) is 2.95. The number of rotatable bonds is 6. The largest absolute Gasteiger partial charge is 0.361 e. The van der Waals surface area contributed by atoms with Crippen LogP contribution in [0.1, 0.15) is 26.2 Å². The van der Waals surface area contributed by atoms with Crippen molar-refractivity contribution >= 4 is 0 Å². The van der Waals surface area contributed by atoms with Gasteiger partial charge in [0.05, 0.1) is 0 Å². The van der Waals surface area contributed by atoms with Crippen molar-refractivity contribution in [1.82, 2.24) is 9.55 Å². The van der Waals surface area contributed by atoms with Crippen molar-refractivity contribution in [2.45, 2.75) is 32.9 Å². The van der Waals surface area contributed by atoms with Gasteiger partial charge in [0.25, 0.3) is 5.56 Å². The molecule has 84 valence electrons. The fourth-order valence-corrected chi connectivity index (χ4v) is 1.16. The topological polar surface area (TPSA) is 64.1 Å². The van der Waals surface area contributed by atoms with E-state index in [1.54, 1.807) is 0 Å². The quantitative estimate of drug-likeness (QED) is 0.706. The Hall–Kier alpha value is -1.36. The van der Waals surface area contributed by atoms with E-state index in [4.69, 9.17) is 4.74 Å². The zero-order valence-electron chi connectivity index (χ0n) is 8.86. The van der Waals surface area contributed by atoms with Gasteiger partial charge in [-0.3, -0.25) is 14.3 Å². The van der Waals surface area contributed by atoms with E-state index in [1.807, 2.05) is 0 Å². The van der Waals surface area contributed by atoms with Crippen LogP contribution in [-0.2, 0) is 11.5 Å². The zero-order chi connectivity index (χ0) is 11.1. The molecular formula is C10H16N2O3. The highest BCUT2D eigenvalue weighted by Gasteiger charge is 1.95. The first-order chi connectivity index (χ1) is 7.24. The summed E-state index contributed by atoms with van der Waals surface area (Å²) in [5.74, 6) is 0. The molecule has 1 N–H and O–H groups in total. The maximum absolute atomic E-state index is 11.2. The van der Waals surface area contributed by atoms with Crippen LogP contribution >= 0.6 is 0 Å². The van der Waals surface area contributed by atoms with Crippen LogP contribution in [0.15, 0.2) is 21.9 Å². The SMILES string of the molecule is CCCCCOCn1ccc(=O)[nH]c1=O. The molecule has 5 nitrogen and oxygen atoms in total. The van der Waals surface area contributed by atoms with Crippen molar-refractivity contribution in [2.24, 2.45) is 0 Å². The van der Waals surface area contributed by atoms with Crippen LogP contribution in [0.2, 0.25) is 0 Å². The molecule has 0 aromatic carbocycles. The molecule has 5 heteroatoms. The van der Waals surface area contributed by atoms with Gasteiger partial charge in [0, 0.05) is 18.9 Å². The van der Waals surface area contributed by atoms with Crippen LogP contribution in [0, 0.1) is 0 Å². The minimum Gasteiger partial charge on any atom is -0.361 e. The van der Waals surface area contributed by atoms with Gasteiger partial charge in [0.1, 0.15) is 6.73 Å². The van der Waals surface area contributed by atoms with Crippen LogP contribution < -0.4 is 11.2 Å². The Kier molecular flexibility index (Phi) is 4.83. The number of nitrogens with zero attached hydrogens (tertiary/aromatic N) is 1. The molecule has 0 fully saturated rings. The second-order valence-electron chi connectivity index (χ2n) is 3.32. The van der Waals surface area contributed by atoms with E-state index in [1.165, 1.54) is 16.8 Å². The molecule has 0 bridgehead atoms. The molecule has 1 aromatic heterocycles. The van der Waals surface area contributed by atoms with Gasteiger partial charge in [-0.1, -0.05) is 19.8 Å². The predicted molar refractivity (Wildman–Crippen MR) is 56.8 cm³/mol. The molecule has 0 saturated heterocycles. The third-order valence-corrected chi connectivity index (χ3v) is 2.02. The summed E-state index contributed by atoms with van der Waals surface area (Å²) in [7, 11) is 0. The molecule has 0 radical (unpaired) electrons. The smallest absolute Gasteiger partial charge is 0.330 e. The number of unbranched alkanes of at least 4 members (excludes halogenated alkanes) is 2. The normalized spacial score (nSPS) is 10.5. The summed E-state index contributed by atoms with van der Waals surface area (Å²) in [4.78, 5) is 24.1. The van der Waals surface area contributed by atoms with Gasteiger partial charge in [-0.15, -0.1) is 0 Å². The molecule has 15 heavy (non-hydrogen) atoms. The molecule has 0 spiro atoms. The van der Waals surface area contributed by atoms with Crippen LogP contribution in [0.3, 0.4) is 0 Å². The van der Waals surface area contributed by atoms with E-state index < -0.39 is 5.69 Å². The summed E-state index contributed by atoms with van der Waals surface area (Å²) in [6, 6.07) is 1.30. The lowest BCUT2D eigenvalue weighted by molar-refractivity contribution is 0.0708. The highest BCUT2D eigenvalue weighted by molar-refractivity contribution is 4.81. The third kappa shape index (κ3) is 4.12. The zero-order valence-corrected chi connectivity index (χ0v) is 8.86. The monoisotopic (exact) mass is 212 g/mol. The van der Waals surface area contributed by atoms with E-state index in [0.717, 1.165) is 19.3 Å². The summed E-state index contributed by atoms with van der Waals surface area (Å²) >= 11 is 0. The molecule has 1 rings (SSSR count). The van der Waals surface area contributed by atoms with E-state index in [-0.39, 0.29) is 12.3 Å². The summed E-state index contributed by atoms with van der Waals surface area (Å²) in [5.41, 5.74) is -0.819. The molecule has 0 amide bonds. The lowest BCUT2D eigenvalue weighted by Gasteiger charge is -2.05. The predicted octanol–water partition coefficient (Wildman–Crippen LogP) is 0.701. The molecular weight excluding hydrogens is 196 g/mol. The number of aromatic nitrogens is 2. The van der Waals surface area contributed by atoms with Gasteiger partial charge in [-0.05, 0) is 6.42 Å². The van der Waals surface area contributed by atoms with Gasteiger partial charge < -0.3 is 4.74 Å². The molecule has 0 aliphatic rings. The van der Waals surface area contributed by atoms with Crippen LogP contribution in [0.25, 0.3) is 0 Å². The fourth-order valence-electron chi connectivity index (χ4n) is 1.16. The Bertz CT molecular complexity index is 394. The number of ether oxygens (including phenoxy) is 1. The van der Waals surface area contributed by atoms with Crippen LogP contribution in [0.5, 0.6) is 0 Å². The Morgan fingerprint density at radius 3 is 2.87 bits per heavy atom. The second-order valence-corrected chi connectivity index (χ2v) is 3.32. The van der Waals surface area contributed by atoms with Gasteiger partial charge in [-0.25, -0.2) is 4.79 Å². The summed E-state index contributed by atoms with van der Waals surface area (Å²) in [6.07, 6.45) is 4.69. The summed E-state index contributed by atoms with van der Waals surface area (Å²) < 4.78 is 6.61. The van der Waals surface area contributed by atoms with Crippen LogP contribution in [0.4, 0.5) is 0 Å². The standard InChI is InChI=1S/C10H16N2O3/c1-2-3-4-7-15-8-12-6-5-9(13)11-10(12)14/h5-6H,2-4,7-8H2,1H3,(H,11,13,14). The number of H-pyrrole nitrogens is 1. The van der Waals surface area contributed by atoms with Gasteiger partial charge in [-0.2, -0.15) is 0 Å². The first kappa shape index (κ1) is 11.7. The van der Waals surface area contributed by atoms with Gasteiger partial charge >= 0.3 is 5.69 Å². The number of hydrogen-bond donors (Lipinski definition) is 1. The Balaban J connectivity index is 2.38. The maximum Gasteiger partial charge on any atom is 0.330 e. The van der Waals surface area contributed by atoms with Crippen molar-refractivity contribution in [2.75, 3.05) is 6.61 Å². The Morgan fingerprint density at radius 1 is 1.40 bits per heavy atom. The Morgan fingerprint density at radius 2 is 2.20 bits per heavy atom. The van der Waals surface area contributed by atoms with Crippen molar-refractivity contribution in [1.29, 1.82) is 0 Å². The average molecular weight is 212 g/mol. The second kappa shape index (κ2) is 6.19. The van der Waals surface area contributed by atoms with Gasteiger partial charge in [0.15, 0.2) is 0 Å². The molecule has 0 aliphatic heterocycles. The number of hydrogen-bond acceptors (Lipinski definition) is 3. The van der Waals surface area contributed by atoms with E-state index in [9.17, 15) is 9.59 Å². The third-order valence-electron chi connectivity index (χ3n) is 2.02. The average Bonchev–Trinajstić information content (AvgIpc) is 2.20. The van der Waals surface area contributed by atoms with E-state index in [0.29, 0.717) is 6.61 Å². The Labute approximate surface area is 87.7 Å². The highest BCUT2D eigenvalue weighted by atomic mass is 16.5. The minimum absolute atomic E-state index is 0.194. The molecule has 1 heterocycles. The van der Waals surface area contributed by atoms with Crippen molar-refractivity contribution < 1.29 is 4.74 Å². The number of aromatic amines is 1. The minimum atomic E-state index is -0.432. The van der Waals surface area contributed by atoms with Crippen molar-refractivity contribution in [3.05, 3.63) is 33.1 Å². The highest BCUT2D eigenvalue weighted by Crippen LogP contribution is 1.94. The molecule has 0 atom stereocenters. The molecule has 0 aliphatic carbocycles. The molecule has 1 aromatic rings. The first-order valence-corrected chi connectivity index (χ1v) is 5.11. The van der Waals surface area contributed by atoms with E-state index >= 15 is 0 Å². The van der Waals surface area contributed by atoms with Crippen molar-refractivity contribution in [3.63, 3.8) is 0 Å². The van der Waals surface area contributed by atoms with Gasteiger partial charge in [0.2, 0.25) is 0 Å². The van der Waals surface area contributed by atoms with Crippen molar-refractivity contribution in [3.8, 4) is 0 Å². The lowest BCUT2D eigenvalue weighted by atomic mass is 10.3. The number of nitrogens with one attached hydrogen (secondary N) is 1. The molecule has 0 saturated carbocycles.